The summed E-state index contributed by atoms with van der Waals surface area (Å²) in [6.07, 6.45) is 8.09. The Labute approximate surface area is 150 Å². The minimum Gasteiger partial charge on any atom is -0.394 e. The van der Waals surface area contributed by atoms with Crippen molar-refractivity contribution in [3.8, 4) is 0 Å². The van der Waals surface area contributed by atoms with Crippen molar-refractivity contribution in [2.24, 2.45) is 28.6 Å². The van der Waals surface area contributed by atoms with Gasteiger partial charge >= 0.3 is 0 Å². The molecule has 0 aromatic heterocycles. The summed E-state index contributed by atoms with van der Waals surface area (Å²) in [6.45, 7) is 4.26. The molecule has 25 heavy (non-hydrogen) atoms. The molecule has 0 saturated heterocycles. The van der Waals surface area contributed by atoms with E-state index in [4.69, 9.17) is 0 Å². The Morgan fingerprint density at radius 1 is 1.16 bits per heavy atom. The number of rotatable bonds is 2. The standard InChI is InChI=1S/C21H32O4/c1-20-8-7-13(23)9-12(20)3-4-14-15-5-6-16(18(25)11-22)21(15,2)10-17(24)19(14)20/h3-4,13,15-19,22-25H,5-11H2,1-2H3/t13-,15-,16+,17-,18-,19-,20+,21-/m0/s1. The van der Waals surface area contributed by atoms with E-state index in [2.05, 4.69) is 26.0 Å². The van der Waals surface area contributed by atoms with Gasteiger partial charge in [0.15, 0.2) is 0 Å². The minimum atomic E-state index is -0.700. The summed E-state index contributed by atoms with van der Waals surface area (Å²) in [4.78, 5) is 0. The molecule has 0 aromatic rings. The summed E-state index contributed by atoms with van der Waals surface area (Å²) in [5.41, 5.74) is 2.42. The number of aliphatic hydroxyl groups is 4. The molecule has 3 saturated carbocycles. The van der Waals surface area contributed by atoms with E-state index in [9.17, 15) is 20.4 Å². The van der Waals surface area contributed by atoms with Crippen molar-refractivity contribution in [2.45, 2.75) is 70.7 Å². The van der Waals surface area contributed by atoms with Crippen LogP contribution in [-0.4, -0.2) is 45.3 Å². The van der Waals surface area contributed by atoms with Gasteiger partial charge in [0.1, 0.15) is 0 Å². The van der Waals surface area contributed by atoms with Crippen LogP contribution in [0.1, 0.15) is 52.4 Å². The third-order valence-electron chi connectivity index (χ3n) is 8.21. The van der Waals surface area contributed by atoms with Crippen LogP contribution >= 0.6 is 0 Å². The van der Waals surface area contributed by atoms with Gasteiger partial charge in [-0.2, -0.15) is 0 Å². The zero-order valence-electron chi connectivity index (χ0n) is 15.4. The molecule has 0 bridgehead atoms. The highest BCUT2D eigenvalue weighted by Gasteiger charge is 2.60. The zero-order chi connectivity index (χ0) is 18.0. The van der Waals surface area contributed by atoms with E-state index < -0.39 is 12.2 Å². The second kappa shape index (κ2) is 5.91. The molecule has 4 aliphatic rings. The van der Waals surface area contributed by atoms with Crippen LogP contribution in [0.2, 0.25) is 0 Å². The van der Waals surface area contributed by atoms with Crippen LogP contribution in [0.5, 0.6) is 0 Å². The highest BCUT2D eigenvalue weighted by Crippen LogP contribution is 2.65. The van der Waals surface area contributed by atoms with Crippen LogP contribution in [0.15, 0.2) is 23.3 Å². The van der Waals surface area contributed by atoms with Crippen molar-refractivity contribution in [1.82, 2.24) is 0 Å². The molecule has 0 radical (unpaired) electrons. The SMILES string of the molecule is C[C@]12C[C@H](O)[C@@H]3C(=CC=C4C[C@@H](O)CC[C@]43C)[C@@H]1CC[C@@H]2[C@@H](O)CO. The van der Waals surface area contributed by atoms with Crippen LogP contribution in [-0.2, 0) is 0 Å². The van der Waals surface area contributed by atoms with Crippen LogP contribution in [0.4, 0.5) is 0 Å². The molecular formula is C21H32O4. The number of aliphatic hydroxyl groups excluding tert-OH is 4. The summed E-state index contributed by atoms with van der Waals surface area (Å²) < 4.78 is 0. The fraction of sp³-hybridized carbons (Fsp3) is 0.810. The molecule has 0 aliphatic heterocycles. The average Bonchev–Trinajstić information content (AvgIpc) is 2.91. The Bertz CT molecular complexity index is 611. The third-order valence-corrected chi connectivity index (χ3v) is 8.21. The van der Waals surface area contributed by atoms with Gasteiger partial charge in [0.25, 0.3) is 0 Å². The van der Waals surface area contributed by atoms with E-state index in [1.165, 1.54) is 11.1 Å². The second-order valence-corrected chi connectivity index (χ2v) is 9.41. The molecule has 0 heterocycles. The molecule has 4 rings (SSSR count). The van der Waals surface area contributed by atoms with Crippen LogP contribution in [0.3, 0.4) is 0 Å². The molecule has 0 aromatic carbocycles. The number of allylic oxidation sites excluding steroid dienone is 2. The lowest BCUT2D eigenvalue weighted by molar-refractivity contribution is -0.0741. The van der Waals surface area contributed by atoms with E-state index in [1.807, 2.05) is 0 Å². The Morgan fingerprint density at radius 3 is 2.64 bits per heavy atom. The fourth-order valence-corrected chi connectivity index (χ4v) is 6.91. The van der Waals surface area contributed by atoms with Crippen LogP contribution in [0, 0.1) is 28.6 Å². The first-order chi connectivity index (χ1) is 11.8. The average molecular weight is 348 g/mol. The van der Waals surface area contributed by atoms with Crippen molar-refractivity contribution in [3.63, 3.8) is 0 Å². The van der Waals surface area contributed by atoms with Gasteiger partial charge in [-0.3, -0.25) is 0 Å². The maximum Gasteiger partial charge on any atom is 0.0804 e. The topological polar surface area (TPSA) is 80.9 Å². The first-order valence-electron chi connectivity index (χ1n) is 9.87. The number of hydrogen-bond donors (Lipinski definition) is 4. The van der Waals surface area contributed by atoms with Crippen LogP contribution in [0.25, 0.3) is 0 Å². The molecule has 0 spiro atoms. The molecule has 0 amide bonds. The quantitative estimate of drug-likeness (QED) is 0.616. The van der Waals surface area contributed by atoms with Crippen molar-refractivity contribution in [2.75, 3.05) is 6.61 Å². The highest BCUT2D eigenvalue weighted by atomic mass is 16.3. The maximum absolute atomic E-state index is 11.2. The van der Waals surface area contributed by atoms with Gasteiger partial charge < -0.3 is 20.4 Å². The lowest BCUT2D eigenvalue weighted by Gasteiger charge is -2.56. The van der Waals surface area contributed by atoms with E-state index in [0.717, 1.165) is 32.1 Å². The molecule has 8 atom stereocenters. The predicted octanol–water partition coefficient (Wildman–Crippen LogP) is 2.17. The fourth-order valence-electron chi connectivity index (χ4n) is 6.91. The molecule has 140 valence electrons. The summed E-state index contributed by atoms with van der Waals surface area (Å²) in [7, 11) is 0. The van der Waals surface area contributed by atoms with Gasteiger partial charge in [-0.05, 0) is 61.2 Å². The molecule has 4 aliphatic carbocycles. The monoisotopic (exact) mass is 348 g/mol. The number of fused-ring (bicyclic) bond motifs is 5. The van der Waals surface area contributed by atoms with E-state index in [-0.39, 0.29) is 35.4 Å². The maximum atomic E-state index is 11.2. The number of hydrogen-bond acceptors (Lipinski definition) is 4. The minimum absolute atomic E-state index is 0.0466. The lowest BCUT2D eigenvalue weighted by atomic mass is 9.49. The van der Waals surface area contributed by atoms with Gasteiger partial charge in [-0.25, -0.2) is 0 Å². The molecule has 4 heteroatoms. The Morgan fingerprint density at radius 2 is 1.92 bits per heavy atom. The smallest absolute Gasteiger partial charge is 0.0804 e. The highest BCUT2D eigenvalue weighted by molar-refractivity contribution is 5.40. The summed E-state index contributed by atoms with van der Waals surface area (Å²) in [5.74, 6) is 0.544. The van der Waals surface area contributed by atoms with Crippen molar-refractivity contribution < 1.29 is 20.4 Å². The van der Waals surface area contributed by atoms with Crippen LogP contribution < -0.4 is 0 Å². The van der Waals surface area contributed by atoms with Gasteiger partial charge in [0, 0.05) is 5.92 Å². The van der Waals surface area contributed by atoms with Crippen molar-refractivity contribution in [3.05, 3.63) is 23.3 Å². The molecular weight excluding hydrogens is 316 g/mol. The first kappa shape index (κ1) is 17.7. The van der Waals surface area contributed by atoms with Gasteiger partial charge in [-0.1, -0.05) is 37.1 Å². The molecule has 4 N–H and O–H groups in total. The van der Waals surface area contributed by atoms with E-state index >= 15 is 0 Å². The van der Waals surface area contributed by atoms with Crippen molar-refractivity contribution >= 4 is 0 Å². The largest absolute Gasteiger partial charge is 0.394 e. The molecule has 0 unspecified atom stereocenters. The second-order valence-electron chi connectivity index (χ2n) is 9.41. The summed E-state index contributed by atoms with van der Waals surface area (Å²) in [6, 6.07) is 0. The molecule has 4 nitrogen and oxygen atoms in total. The third kappa shape index (κ3) is 2.41. The normalized spacial score (nSPS) is 50.2. The Kier molecular flexibility index (Phi) is 4.19. The van der Waals surface area contributed by atoms with Gasteiger partial charge in [-0.15, -0.1) is 0 Å². The Balaban J connectivity index is 1.73. The first-order valence-corrected chi connectivity index (χ1v) is 9.87. The van der Waals surface area contributed by atoms with E-state index in [1.54, 1.807) is 0 Å². The van der Waals surface area contributed by atoms with Gasteiger partial charge in [0.2, 0.25) is 0 Å². The summed E-state index contributed by atoms with van der Waals surface area (Å²) in [5, 5.41) is 41.0. The zero-order valence-corrected chi connectivity index (χ0v) is 15.4. The van der Waals surface area contributed by atoms with Crippen molar-refractivity contribution in [1.29, 1.82) is 0 Å². The summed E-state index contributed by atoms with van der Waals surface area (Å²) >= 11 is 0. The van der Waals surface area contributed by atoms with Gasteiger partial charge in [0.05, 0.1) is 24.9 Å². The molecule has 3 fully saturated rings. The Hall–Kier alpha value is -0.680. The predicted molar refractivity (Wildman–Crippen MR) is 95.7 cm³/mol. The van der Waals surface area contributed by atoms with E-state index in [0.29, 0.717) is 12.3 Å². The lowest BCUT2D eigenvalue weighted by Crippen LogP contribution is -2.53.